The summed E-state index contributed by atoms with van der Waals surface area (Å²) in [5.74, 6) is 4.32. The summed E-state index contributed by atoms with van der Waals surface area (Å²) < 4.78 is 0. The van der Waals surface area contributed by atoms with Crippen molar-refractivity contribution in [1.29, 1.82) is 0 Å². The molecule has 118 valence electrons. The third-order valence-electron chi connectivity index (χ3n) is 6.09. The Morgan fingerprint density at radius 1 is 1.25 bits per heavy atom. The molecule has 0 amide bonds. The molecule has 6 unspecified atom stereocenters. The van der Waals surface area contributed by atoms with Gasteiger partial charge in [-0.05, 0) is 55.4 Å². The average molecular weight is 281 g/mol. The van der Waals surface area contributed by atoms with E-state index in [4.69, 9.17) is 5.11 Å². The third kappa shape index (κ3) is 3.22. The first-order valence-electron chi connectivity index (χ1n) is 8.95. The van der Waals surface area contributed by atoms with Crippen LogP contribution in [-0.2, 0) is 0 Å². The highest BCUT2D eigenvalue weighted by atomic mass is 16.3. The Bertz CT molecular complexity index is 289. The number of aliphatic hydroxyl groups excluding tert-OH is 1. The highest BCUT2D eigenvalue weighted by Crippen LogP contribution is 2.52. The highest BCUT2D eigenvalue weighted by Gasteiger charge is 2.52. The standard InChI is InChI=1S/C18H35NO/c1-5-7-14(3)17-15(4)16-8-6-10-19(18(16)17)12-13(2)9-11-20/h13-18,20H,5-12H2,1-4H3. The first kappa shape index (κ1) is 16.3. The minimum atomic E-state index is 0.342. The molecule has 1 aliphatic heterocycles. The topological polar surface area (TPSA) is 23.5 Å². The van der Waals surface area contributed by atoms with Crippen LogP contribution in [0.3, 0.4) is 0 Å². The number of fused-ring (bicyclic) bond motifs is 1. The van der Waals surface area contributed by atoms with Gasteiger partial charge < -0.3 is 5.11 Å². The van der Waals surface area contributed by atoms with E-state index in [2.05, 4.69) is 32.6 Å². The van der Waals surface area contributed by atoms with Crippen LogP contribution in [0, 0.1) is 29.6 Å². The molecule has 1 N–H and O–H groups in total. The van der Waals surface area contributed by atoms with Gasteiger partial charge in [-0.15, -0.1) is 0 Å². The van der Waals surface area contributed by atoms with Crippen molar-refractivity contribution >= 4 is 0 Å². The number of hydrogen-bond acceptors (Lipinski definition) is 2. The Morgan fingerprint density at radius 2 is 2.00 bits per heavy atom. The Kier molecular flexibility index (Phi) is 5.92. The van der Waals surface area contributed by atoms with E-state index in [0.717, 1.165) is 36.1 Å². The van der Waals surface area contributed by atoms with E-state index >= 15 is 0 Å². The lowest BCUT2D eigenvalue weighted by Gasteiger charge is -2.60. The van der Waals surface area contributed by atoms with Crippen molar-refractivity contribution in [2.24, 2.45) is 29.6 Å². The van der Waals surface area contributed by atoms with Crippen LogP contribution in [0.15, 0.2) is 0 Å². The van der Waals surface area contributed by atoms with E-state index in [0.29, 0.717) is 12.5 Å². The Labute approximate surface area is 125 Å². The molecule has 2 aliphatic rings. The molecule has 6 atom stereocenters. The largest absolute Gasteiger partial charge is 0.396 e. The van der Waals surface area contributed by atoms with E-state index in [1.54, 1.807) is 0 Å². The summed E-state index contributed by atoms with van der Waals surface area (Å²) in [4.78, 5) is 2.78. The monoisotopic (exact) mass is 281 g/mol. The van der Waals surface area contributed by atoms with E-state index in [9.17, 15) is 0 Å². The molecule has 1 heterocycles. The van der Waals surface area contributed by atoms with Gasteiger partial charge in [0.15, 0.2) is 0 Å². The smallest absolute Gasteiger partial charge is 0.0434 e. The fraction of sp³-hybridized carbons (Fsp3) is 1.00. The summed E-state index contributed by atoms with van der Waals surface area (Å²) in [6.07, 6.45) is 6.50. The van der Waals surface area contributed by atoms with Crippen molar-refractivity contribution < 1.29 is 5.11 Å². The minimum Gasteiger partial charge on any atom is -0.396 e. The lowest BCUT2D eigenvalue weighted by atomic mass is 9.54. The van der Waals surface area contributed by atoms with Gasteiger partial charge in [0.25, 0.3) is 0 Å². The van der Waals surface area contributed by atoms with Crippen LogP contribution in [0.5, 0.6) is 0 Å². The van der Waals surface area contributed by atoms with Crippen LogP contribution in [0.4, 0.5) is 0 Å². The van der Waals surface area contributed by atoms with Gasteiger partial charge in [-0.25, -0.2) is 0 Å². The van der Waals surface area contributed by atoms with Crippen LogP contribution < -0.4 is 0 Å². The Morgan fingerprint density at radius 3 is 2.65 bits per heavy atom. The zero-order chi connectivity index (χ0) is 14.7. The molecule has 1 saturated carbocycles. The number of piperidine rings is 1. The summed E-state index contributed by atoms with van der Waals surface area (Å²) in [5, 5.41) is 9.13. The molecule has 2 heteroatoms. The maximum absolute atomic E-state index is 9.13. The predicted molar refractivity (Wildman–Crippen MR) is 85.7 cm³/mol. The average Bonchev–Trinajstić information content (AvgIpc) is 2.40. The maximum atomic E-state index is 9.13. The highest BCUT2D eigenvalue weighted by molar-refractivity contribution is 5.04. The molecule has 0 bridgehead atoms. The first-order chi connectivity index (χ1) is 9.60. The van der Waals surface area contributed by atoms with Crippen LogP contribution >= 0.6 is 0 Å². The lowest BCUT2D eigenvalue weighted by molar-refractivity contribution is -0.114. The molecule has 0 aromatic heterocycles. The zero-order valence-corrected chi connectivity index (χ0v) is 14.0. The van der Waals surface area contributed by atoms with Gasteiger partial charge in [0, 0.05) is 19.2 Å². The summed E-state index contributed by atoms with van der Waals surface area (Å²) in [5.41, 5.74) is 0. The van der Waals surface area contributed by atoms with Crippen molar-refractivity contribution in [3.63, 3.8) is 0 Å². The number of rotatable bonds is 7. The summed E-state index contributed by atoms with van der Waals surface area (Å²) in [6.45, 7) is 12.4. The molecule has 2 rings (SSSR count). The van der Waals surface area contributed by atoms with Crippen molar-refractivity contribution in [2.45, 2.75) is 65.8 Å². The van der Waals surface area contributed by atoms with Gasteiger partial charge in [0.1, 0.15) is 0 Å². The van der Waals surface area contributed by atoms with E-state index in [1.807, 2.05) is 0 Å². The van der Waals surface area contributed by atoms with Crippen molar-refractivity contribution in [3.05, 3.63) is 0 Å². The minimum absolute atomic E-state index is 0.342. The fourth-order valence-corrected chi connectivity index (χ4v) is 5.10. The molecule has 0 spiro atoms. The number of nitrogens with zero attached hydrogens (tertiary/aromatic N) is 1. The summed E-state index contributed by atoms with van der Waals surface area (Å²) in [7, 11) is 0. The number of likely N-dealkylation sites (tertiary alicyclic amines) is 1. The van der Waals surface area contributed by atoms with Gasteiger partial charge >= 0.3 is 0 Å². The Hall–Kier alpha value is -0.0800. The lowest BCUT2D eigenvalue weighted by Crippen LogP contribution is -2.64. The van der Waals surface area contributed by atoms with Crippen LogP contribution in [0.1, 0.15) is 59.8 Å². The number of hydrogen-bond donors (Lipinski definition) is 1. The van der Waals surface area contributed by atoms with Gasteiger partial charge in [-0.3, -0.25) is 4.90 Å². The van der Waals surface area contributed by atoms with Gasteiger partial charge in [-0.1, -0.05) is 40.5 Å². The van der Waals surface area contributed by atoms with Crippen LogP contribution in [0.2, 0.25) is 0 Å². The van der Waals surface area contributed by atoms with Gasteiger partial charge in [0.05, 0.1) is 0 Å². The van der Waals surface area contributed by atoms with E-state index in [1.165, 1.54) is 38.8 Å². The summed E-state index contributed by atoms with van der Waals surface area (Å²) in [6, 6.07) is 0.849. The van der Waals surface area contributed by atoms with Crippen LogP contribution in [0.25, 0.3) is 0 Å². The predicted octanol–water partition coefficient (Wildman–Crippen LogP) is 3.79. The third-order valence-corrected chi connectivity index (χ3v) is 6.09. The summed E-state index contributed by atoms with van der Waals surface area (Å²) >= 11 is 0. The molecule has 20 heavy (non-hydrogen) atoms. The molecule has 1 saturated heterocycles. The second kappa shape index (κ2) is 7.26. The molecule has 2 nitrogen and oxygen atoms in total. The fourth-order valence-electron chi connectivity index (χ4n) is 5.10. The van der Waals surface area contributed by atoms with E-state index < -0.39 is 0 Å². The first-order valence-corrected chi connectivity index (χ1v) is 8.95. The van der Waals surface area contributed by atoms with E-state index in [-0.39, 0.29) is 0 Å². The molecule has 0 aromatic rings. The van der Waals surface area contributed by atoms with Gasteiger partial charge in [0.2, 0.25) is 0 Å². The Balaban J connectivity index is 1.98. The molecule has 2 fully saturated rings. The van der Waals surface area contributed by atoms with Crippen LogP contribution in [-0.4, -0.2) is 35.7 Å². The quantitative estimate of drug-likeness (QED) is 0.767. The molecule has 0 radical (unpaired) electrons. The van der Waals surface area contributed by atoms with Gasteiger partial charge in [-0.2, -0.15) is 0 Å². The molecule has 1 aliphatic carbocycles. The second-order valence-electron chi connectivity index (χ2n) is 7.61. The SMILES string of the molecule is CCCC(C)C1C(C)C2CCCN(CC(C)CCO)C21. The molecular formula is C18H35NO. The second-order valence-corrected chi connectivity index (χ2v) is 7.61. The number of aliphatic hydroxyl groups is 1. The van der Waals surface area contributed by atoms with Crippen molar-refractivity contribution in [1.82, 2.24) is 4.90 Å². The van der Waals surface area contributed by atoms with Crippen molar-refractivity contribution in [3.8, 4) is 0 Å². The molecular weight excluding hydrogens is 246 g/mol. The molecule has 0 aromatic carbocycles. The van der Waals surface area contributed by atoms with Crippen molar-refractivity contribution in [2.75, 3.05) is 19.7 Å². The normalized spacial score (nSPS) is 37.0. The maximum Gasteiger partial charge on any atom is 0.0434 e. The zero-order valence-electron chi connectivity index (χ0n) is 14.0.